The Kier molecular flexibility index (Phi) is 7.12. The van der Waals surface area contributed by atoms with Crippen LogP contribution in [0, 0.1) is 0 Å². The van der Waals surface area contributed by atoms with Crippen LogP contribution in [0.5, 0.6) is 5.75 Å². The van der Waals surface area contributed by atoms with Crippen molar-refractivity contribution < 1.29 is 17.9 Å². The van der Waals surface area contributed by atoms with E-state index in [1.165, 1.54) is 24.3 Å². The van der Waals surface area contributed by atoms with Gasteiger partial charge in [-0.1, -0.05) is 15.9 Å². The minimum atomic E-state index is -3.76. The third-order valence-electron chi connectivity index (χ3n) is 2.95. The number of benzene rings is 2. The van der Waals surface area contributed by atoms with Gasteiger partial charge >= 0.3 is 0 Å². The van der Waals surface area contributed by atoms with E-state index in [0.29, 0.717) is 15.9 Å². The van der Waals surface area contributed by atoms with Gasteiger partial charge < -0.3 is 10.1 Å². The van der Waals surface area contributed by atoms with E-state index in [0.717, 1.165) is 4.47 Å². The molecule has 0 bridgehead atoms. The minimum absolute atomic E-state index is 0.0218. The van der Waals surface area contributed by atoms with Gasteiger partial charge in [-0.25, -0.2) is 13.6 Å². The van der Waals surface area contributed by atoms with Gasteiger partial charge in [-0.05, 0) is 70.6 Å². The van der Waals surface area contributed by atoms with Crippen LogP contribution in [0.1, 0.15) is 0 Å². The first kappa shape index (κ1) is 20.8. The van der Waals surface area contributed by atoms with Crippen molar-refractivity contribution in [2.24, 2.45) is 5.14 Å². The van der Waals surface area contributed by atoms with E-state index in [4.69, 9.17) is 22.1 Å². The highest BCUT2D eigenvalue weighted by atomic mass is 79.9. The second-order valence-corrected chi connectivity index (χ2v) is 8.67. The molecule has 0 spiro atoms. The van der Waals surface area contributed by atoms with Crippen molar-refractivity contribution in [2.75, 3.05) is 11.9 Å². The molecule has 7 nitrogen and oxygen atoms in total. The molecule has 0 aliphatic heterocycles. The standard InChI is InChI=1S/C15H13Br2N3O4S2/c16-9-1-6-13(12(17)7-9)24-8-14(21)20-15(25)19-10-2-4-11(5-3-10)26(18,22)23/h1-7H,8H2,(H2,18,22,23)(H2,19,20,21,25). The third kappa shape index (κ3) is 6.32. The minimum Gasteiger partial charge on any atom is -0.483 e. The first-order valence-electron chi connectivity index (χ1n) is 6.97. The lowest BCUT2D eigenvalue weighted by atomic mass is 10.3. The van der Waals surface area contributed by atoms with Crippen molar-refractivity contribution in [3.63, 3.8) is 0 Å². The van der Waals surface area contributed by atoms with Crippen LogP contribution >= 0.6 is 44.1 Å². The summed E-state index contributed by atoms with van der Waals surface area (Å²) in [6.07, 6.45) is 0. The number of anilines is 1. The molecule has 0 unspecified atom stereocenters. The maximum atomic E-state index is 11.9. The average molecular weight is 523 g/mol. The number of rotatable bonds is 5. The zero-order valence-electron chi connectivity index (χ0n) is 13.0. The molecular weight excluding hydrogens is 510 g/mol. The number of carbonyl (C=O) groups excluding carboxylic acids is 1. The van der Waals surface area contributed by atoms with E-state index < -0.39 is 15.9 Å². The predicted molar refractivity (Wildman–Crippen MR) is 110 cm³/mol. The Balaban J connectivity index is 1.86. The number of primary sulfonamides is 1. The number of halogens is 2. The average Bonchev–Trinajstić information content (AvgIpc) is 2.53. The molecule has 0 heterocycles. The van der Waals surface area contributed by atoms with Crippen molar-refractivity contribution in [3.05, 3.63) is 51.4 Å². The van der Waals surface area contributed by atoms with E-state index in [9.17, 15) is 13.2 Å². The first-order chi connectivity index (χ1) is 12.1. The Morgan fingerprint density at radius 1 is 1.15 bits per heavy atom. The fraction of sp³-hybridized carbons (Fsp3) is 0.0667. The summed E-state index contributed by atoms with van der Waals surface area (Å²) in [7, 11) is -3.76. The number of thiocarbonyl (C=S) groups is 1. The molecule has 0 saturated carbocycles. The second kappa shape index (κ2) is 8.91. The summed E-state index contributed by atoms with van der Waals surface area (Å²) in [5.41, 5.74) is 0.499. The molecule has 0 fully saturated rings. The fourth-order valence-corrected chi connectivity index (χ4v) is 3.70. The molecule has 2 aromatic carbocycles. The molecule has 0 saturated heterocycles. The lowest BCUT2D eigenvalue weighted by molar-refractivity contribution is -0.121. The van der Waals surface area contributed by atoms with Gasteiger partial charge in [-0.15, -0.1) is 0 Å². The molecule has 0 radical (unpaired) electrons. The number of ether oxygens (including phenoxy) is 1. The highest BCUT2D eigenvalue weighted by Crippen LogP contribution is 2.28. The SMILES string of the molecule is NS(=O)(=O)c1ccc(NC(=S)NC(=O)COc2ccc(Br)cc2Br)cc1. The largest absolute Gasteiger partial charge is 0.483 e. The van der Waals surface area contributed by atoms with Crippen LogP contribution < -0.4 is 20.5 Å². The van der Waals surface area contributed by atoms with Crippen molar-refractivity contribution in [3.8, 4) is 5.75 Å². The summed E-state index contributed by atoms with van der Waals surface area (Å²) in [6, 6.07) is 10.9. The molecule has 2 aromatic rings. The summed E-state index contributed by atoms with van der Waals surface area (Å²) in [4.78, 5) is 11.9. The fourth-order valence-electron chi connectivity index (χ4n) is 1.79. The molecule has 138 valence electrons. The number of amides is 1. The number of hydrogen-bond donors (Lipinski definition) is 3. The summed E-state index contributed by atoms with van der Waals surface area (Å²) >= 11 is 11.7. The molecule has 4 N–H and O–H groups in total. The second-order valence-electron chi connectivity index (χ2n) is 4.94. The molecule has 11 heteroatoms. The van der Waals surface area contributed by atoms with E-state index in [-0.39, 0.29) is 16.6 Å². The first-order valence-corrected chi connectivity index (χ1v) is 10.5. The summed E-state index contributed by atoms with van der Waals surface area (Å²) < 4.78 is 29.4. The Morgan fingerprint density at radius 3 is 2.38 bits per heavy atom. The van der Waals surface area contributed by atoms with E-state index in [2.05, 4.69) is 42.5 Å². The van der Waals surface area contributed by atoms with Crippen molar-refractivity contribution in [1.82, 2.24) is 5.32 Å². The Morgan fingerprint density at radius 2 is 1.81 bits per heavy atom. The number of hydrogen-bond acceptors (Lipinski definition) is 5. The molecule has 2 rings (SSSR count). The van der Waals surface area contributed by atoms with Crippen LogP contribution in [-0.4, -0.2) is 26.0 Å². The molecule has 0 aromatic heterocycles. The molecule has 0 aliphatic carbocycles. The number of carbonyl (C=O) groups is 1. The van der Waals surface area contributed by atoms with Gasteiger partial charge in [-0.3, -0.25) is 10.1 Å². The maximum Gasteiger partial charge on any atom is 0.264 e. The smallest absolute Gasteiger partial charge is 0.264 e. The van der Waals surface area contributed by atoms with Crippen LogP contribution in [-0.2, 0) is 14.8 Å². The molecular formula is C15H13Br2N3O4S2. The van der Waals surface area contributed by atoms with Gasteiger partial charge in [-0.2, -0.15) is 0 Å². The zero-order valence-corrected chi connectivity index (χ0v) is 17.8. The van der Waals surface area contributed by atoms with E-state index in [1.54, 1.807) is 18.2 Å². The summed E-state index contributed by atoms with van der Waals surface area (Å²) in [5, 5.41) is 10.3. The Hall–Kier alpha value is -1.53. The number of nitrogens with two attached hydrogens (primary N) is 1. The molecule has 26 heavy (non-hydrogen) atoms. The van der Waals surface area contributed by atoms with Crippen molar-refractivity contribution in [1.29, 1.82) is 0 Å². The monoisotopic (exact) mass is 521 g/mol. The van der Waals surface area contributed by atoms with Crippen LogP contribution in [0.2, 0.25) is 0 Å². The Bertz CT molecular complexity index is 934. The highest BCUT2D eigenvalue weighted by molar-refractivity contribution is 9.11. The number of sulfonamides is 1. The van der Waals surface area contributed by atoms with E-state index >= 15 is 0 Å². The topological polar surface area (TPSA) is 111 Å². The van der Waals surface area contributed by atoms with Crippen molar-refractivity contribution >= 4 is 70.8 Å². The van der Waals surface area contributed by atoms with Gasteiger partial charge in [0.05, 0.1) is 9.37 Å². The van der Waals surface area contributed by atoms with Crippen LogP contribution in [0.15, 0.2) is 56.3 Å². The van der Waals surface area contributed by atoms with Gasteiger partial charge in [0, 0.05) is 10.2 Å². The molecule has 0 aliphatic rings. The molecule has 1 amide bonds. The van der Waals surface area contributed by atoms with Gasteiger partial charge in [0.25, 0.3) is 5.91 Å². The van der Waals surface area contributed by atoms with Gasteiger partial charge in [0.2, 0.25) is 10.0 Å². The highest BCUT2D eigenvalue weighted by Gasteiger charge is 2.10. The summed E-state index contributed by atoms with van der Waals surface area (Å²) in [5.74, 6) is 0.0688. The molecule has 0 atom stereocenters. The zero-order chi connectivity index (χ0) is 19.3. The van der Waals surface area contributed by atoms with Crippen molar-refractivity contribution in [2.45, 2.75) is 4.90 Å². The van der Waals surface area contributed by atoms with Crippen LogP contribution in [0.3, 0.4) is 0 Å². The maximum absolute atomic E-state index is 11.9. The predicted octanol–water partition coefficient (Wildman–Crippen LogP) is 2.75. The van der Waals surface area contributed by atoms with E-state index in [1.807, 2.05) is 0 Å². The Labute approximate surface area is 172 Å². The lowest BCUT2D eigenvalue weighted by Crippen LogP contribution is -2.37. The normalized spacial score (nSPS) is 10.9. The third-order valence-corrected chi connectivity index (χ3v) is 5.19. The van der Waals surface area contributed by atoms with Gasteiger partial charge in [0.15, 0.2) is 11.7 Å². The number of nitrogens with one attached hydrogen (secondary N) is 2. The lowest BCUT2D eigenvalue weighted by Gasteiger charge is -2.11. The summed E-state index contributed by atoms with van der Waals surface area (Å²) in [6.45, 7) is -0.230. The van der Waals surface area contributed by atoms with Crippen LogP contribution in [0.4, 0.5) is 5.69 Å². The van der Waals surface area contributed by atoms with Crippen LogP contribution in [0.25, 0.3) is 0 Å². The van der Waals surface area contributed by atoms with Gasteiger partial charge in [0.1, 0.15) is 5.75 Å². The quantitative estimate of drug-likeness (QED) is 0.521.